The Bertz CT molecular complexity index is 1570. The Morgan fingerprint density at radius 3 is 2.49 bits per heavy atom. The molecule has 0 bridgehead atoms. The van der Waals surface area contributed by atoms with E-state index in [1.165, 1.54) is 7.11 Å². The molecule has 0 fully saturated rings. The Labute approximate surface area is 201 Å². The van der Waals surface area contributed by atoms with E-state index in [0.29, 0.717) is 39.2 Å². The van der Waals surface area contributed by atoms with Crippen molar-refractivity contribution in [1.29, 1.82) is 0 Å². The molecule has 10 nitrogen and oxygen atoms in total. The molecule has 35 heavy (non-hydrogen) atoms. The molecular formula is C24H23N5O5S. The predicted octanol–water partition coefficient (Wildman–Crippen LogP) is 2.73. The van der Waals surface area contributed by atoms with E-state index in [9.17, 15) is 18.0 Å². The van der Waals surface area contributed by atoms with Crippen molar-refractivity contribution in [2.75, 3.05) is 29.9 Å². The van der Waals surface area contributed by atoms with Crippen LogP contribution >= 0.6 is 0 Å². The highest BCUT2D eigenvalue weighted by Gasteiger charge is 2.17. The molecule has 3 aromatic carbocycles. The predicted molar refractivity (Wildman–Crippen MR) is 136 cm³/mol. The monoisotopic (exact) mass is 493 g/mol. The van der Waals surface area contributed by atoms with E-state index in [1.807, 2.05) is 30.3 Å². The number of hydrogen-bond acceptors (Lipinski definition) is 7. The molecule has 0 aliphatic heterocycles. The first-order chi connectivity index (χ1) is 16.7. The number of aromatic nitrogens is 1. The van der Waals surface area contributed by atoms with Gasteiger partial charge in [-0.1, -0.05) is 30.3 Å². The van der Waals surface area contributed by atoms with E-state index in [4.69, 9.17) is 15.5 Å². The van der Waals surface area contributed by atoms with Crippen molar-refractivity contribution in [2.24, 2.45) is 5.73 Å². The average molecular weight is 494 g/mol. The lowest BCUT2D eigenvalue weighted by Gasteiger charge is -2.17. The Hall–Kier alpha value is -4.38. The van der Waals surface area contributed by atoms with E-state index in [2.05, 4.69) is 15.4 Å². The van der Waals surface area contributed by atoms with Crippen LogP contribution in [0.5, 0.6) is 5.75 Å². The molecule has 0 saturated heterocycles. The van der Waals surface area contributed by atoms with Gasteiger partial charge in [-0.15, -0.1) is 0 Å². The Kier molecular flexibility index (Phi) is 6.43. The molecule has 0 aliphatic rings. The quantitative estimate of drug-likeness (QED) is 0.275. The molecule has 0 radical (unpaired) electrons. The molecule has 4 rings (SSSR count). The van der Waals surface area contributed by atoms with Crippen molar-refractivity contribution in [3.63, 3.8) is 0 Å². The van der Waals surface area contributed by atoms with Crippen LogP contribution < -0.4 is 25.8 Å². The number of anilines is 3. The van der Waals surface area contributed by atoms with Gasteiger partial charge in [-0.2, -0.15) is 0 Å². The number of benzene rings is 3. The lowest BCUT2D eigenvalue weighted by molar-refractivity contribution is -0.117. The minimum Gasteiger partial charge on any atom is -0.494 e. The van der Waals surface area contributed by atoms with E-state index in [1.54, 1.807) is 30.3 Å². The van der Waals surface area contributed by atoms with Gasteiger partial charge in [0.25, 0.3) is 5.91 Å². The number of primary amides is 1. The molecule has 0 unspecified atom stereocenters. The number of pyridine rings is 1. The minimum atomic E-state index is -3.46. The summed E-state index contributed by atoms with van der Waals surface area (Å²) < 4.78 is 31.1. The van der Waals surface area contributed by atoms with E-state index in [0.717, 1.165) is 11.6 Å². The number of methoxy groups -OCH3 is 1. The average Bonchev–Trinajstić information content (AvgIpc) is 2.81. The summed E-state index contributed by atoms with van der Waals surface area (Å²) in [5.74, 6) is -0.722. The molecule has 0 saturated carbocycles. The van der Waals surface area contributed by atoms with Crippen molar-refractivity contribution in [2.45, 2.75) is 0 Å². The van der Waals surface area contributed by atoms with Crippen LogP contribution in [0.4, 0.5) is 17.1 Å². The van der Waals surface area contributed by atoms with Crippen LogP contribution in [0.3, 0.4) is 0 Å². The van der Waals surface area contributed by atoms with Crippen molar-refractivity contribution in [3.8, 4) is 5.75 Å². The number of rotatable bonds is 8. The molecule has 11 heteroatoms. The fraction of sp³-hybridized carbons (Fsp3) is 0.125. The van der Waals surface area contributed by atoms with E-state index < -0.39 is 21.8 Å². The third-order valence-electron chi connectivity index (χ3n) is 5.14. The summed E-state index contributed by atoms with van der Waals surface area (Å²) in [5.41, 5.74) is 8.14. The van der Waals surface area contributed by atoms with E-state index >= 15 is 0 Å². The molecule has 2 amide bonds. The number of fused-ring (bicyclic) bond motifs is 2. The van der Waals surface area contributed by atoms with Crippen LogP contribution in [0, 0.1) is 0 Å². The van der Waals surface area contributed by atoms with Gasteiger partial charge in [-0.3, -0.25) is 14.3 Å². The first-order valence-corrected chi connectivity index (χ1v) is 12.4. The maximum atomic E-state index is 12.8. The van der Waals surface area contributed by atoms with Gasteiger partial charge in [-0.05, 0) is 24.3 Å². The zero-order chi connectivity index (χ0) is 25.2. The topological polar surface area (TPSA) is 153 Å². The maximum absolute atomic E-state index is 12.8. The number of carbonyl (C=O) groups excluding carboxylic acids is 2. The second-order valence-corrected chi connectivity index (χ2v) is 9.52. The number of para-hydroxylation sites is 2. The number of hydrogen-bond donors (Lipinski definition) is 4. The van der Waals surface area contributed by atoms with Crippen molar-refractivity contribution < 1.29 is 22.7 Å². The molecule has 180 valence electrons. The molecule has 4 aromatic rings. The fourth-order valence-corrected chi connectivity index (χ4v) is 4.26. The zero-order valence-electron chi connectivity index (χ0n) is 19.0. The zero-order valence-corrected chi connectivity index (χ0v) is 19.8. The summed E-state index contributed by atoms with van der Waals surface area (Å²) in [6, 6.07) is 17.5. The SMILES string of the molecule is COc1cc(NS(C)(=O)=O)ccc1Nc1c2ccccc2nc2c(C(=O)NCC(N)=O)cccc12. The number of nitrogens with two attached hydrogens (primary N) is 1. The number of ether oxygens (including phenoxy) is 1. The van der Waals surface area contributed by atoms with Gasteiger partial charge in [0.2, 0.25) is 15.9 Å². The van der Waals surface area contributed by atoms with Gasteiger partial charge >= 0.3 is 0 Å². The number of nitrogens with zero attached hydrogens (tertiary/aromatic N) is 1. The van der Waals surface area contributed by atoms with Crippen LogP contribution in [0.25, 0.3) is 21.8 Å². The highest BCUT2D eigenvalue weighted by atomic mass is 32.2. The van der Waals surface area contributed by atoms with Gasteiger partial charge in [0, 0.05) is 16.8 Å². The van der Waals surface area contributed by atoms with Crippen LogP contribution in [0.1, 0.15) is 10.4 Å². The van der Waals surface area contributed by atoms with Gasteiger partial charge in [-0.25, -0.2) is 13.4 Å². The molecular weight excluding hydrogens is 470 g/mol. The van der Waals surface area contributed by atoms with E-state index in [-0.39, 0.29) is 12.1 Å². The summed E-state index contributed by atoms with van der Waals surface area (Å²) >= 11 is 0. The normalized spacial score (nSPS) is 11.3. The molecule has 1 aromatic heterocycles. The molecule has 0 atom stereocenters. The first-order valence-electron chi connectivity index (χ1n) is 10.5. The summed E-state index contributed by atoms with van der Waals surface area (Å²) in [5, 5.41) is 7.33. The number of sulfonamides is 1. The highest BCUT2D eigenvalue weighted by molar-refractivity contribution is 7.92. The van der Waals surface area contributed by atoms with Crippen LogP contribution in [-0.2, 0) is 14.8 Å². The molecule has 5 N–H and O–H groups in total. The summed E-state index contributed by atoms with van der Waals surface area (Å²) in [7, 11) is -1.97. The van der Waals surface area contributed by atoms with Crippen molar-refractivity contribution in [1.82, 2.24) is 10.3 Å². The van der Waals surface area contributed by atoms with Gasteiger partial charge in [0.15, 0.2) is 0 Å². The van der Waals surface area contributed by atoms with Gasteiger partial charge in [0.1, 0.15) is 5.75 Å². The Balaban J connectivity index is 1.86. The lowest BCUT2D eigenvalue weighted by Crippen LogP contribution is -2.33. The van der Waals surface area contributed by atoms with Crippen molar-refractivity contribution in [3.05, 3.63) is 66.2 Å². The third kappa shape index (κ3) is 5.25. The standard InChI is InChI=1S/C24H23N5O5S/c1-34-20-12-14(29-35(2,32)33)10-11-19(20)28-22-15-6-3-4-9-18(15)27-23-16(22)7-5-8-17(23)24(31)26-13-21(25)30/h3-12,29H,13H2,1-2H3,(H2,25,30)(H,26,31)(H,27,28). The third-order valence-corrected chi connectivity index (χ3v) is 5.75. The lowest BCUT2D eigenvalue weighted by atomic mass is 10.0. The Morgan fingerprint density at radius 2 is 1.77 bits per heavy atom. The summed E-state index contributed by atoms with van der Waals surface area (Å²) in [6.45, 7) is -0.293. The minimum absolute atomic E-state index is 0.289. The summed E-state index contributed by atoms with van der Waals surface area (Å²) in [4.78, 5) is 28.6. The van der Waals surface area contributed by atoms with Crippen LogP contribution in [0.15, 0.2) is 60.7 Å². The molecule has 0 spiro atoms. The Morgan fingerprint density at radius 1 is 1.03 bits per heavy atom. The second-order valence-electron chi connectivity index (χ2n) is 7.77. The summed E-state index contributed by atoms with van der Waals surface area (Å²) in [6.07, 6.45) is 1.07. The maximum Gasteiger partial charge on any atom is 0.253 e. The molecule has 1 heterocycles. The smallest absolute Gasteiger partial charge is 0.253 e. The fourth-order valence-electron chi connectivity index (χ4n) is 3.70. The number of amides is 2. The molecule has 0 aliphatic carbocycles. The number of carbonyl (C=O) groups is 2. The first kappa shape index (κ1) is 23.8. The van der Waals surface area contributed by atoms with Crippen LogP contribution in [0.2, 0.25) is 0 Å². The van der Waals surface area contributed by atoms with Crippen molar-refractivity contribution >= 4 is 60.7 Å². The second kappa shape index (κ2) is 9.47. The van der Waals surface area contributed by atoms with Crippen LogP contribution in [-0.4, -0.2) is 45.1 Å². The van der Waals surface area contributed by atoms with Gasteiger partial charge in [0.05, 0.1) is 53.6 Å². The largest absolute Gasteiger partial charge is 0.494 e. The van der Waals surface area contributed by atoms with Gasteiger partial charge < -0.3 is 21.1 Å². The highest BCUT2D eigenvalue weighted by Crippen LogP contribution is 2.37. The number of nitrogens with one attached hydrogen (secondary N) is 3.